The van der Waals surface area contributed by atoms with Crippen LogP contribution in [0.4, 0.5) is 23.7 Å². The van der Waals surface area contributed by atoms with Crippen molar-refractivity contribution in [3.8, 4) is 6.07 Å². The van der Waals surface area contributed by atoms with Gasteiger partial charge in [0, 0.05) is 25.0 Å². The molecule has 2 bridgehead atoms. The Kier molecular flexibility index (Phi) is 4.05. The molecule has 11 heteroatoms. The molecule has 0 aromatic heterocycles. The summed E-state index contributed by atoms with van der Waals surface area (Å²) in [6.45, 7) is 0.0521. The fourth-order valence-electron chi connectivity index (χ4n) is 4.93. The maximum Gasteiger partial charge on any atom is 0.417 e. The minimum Gasteiger partial charge on any atom is -0.465 e. The number of halogens is 3. The number of hydrogen-bond donors (Lipinski definition) is 1. The molecule has 0 spiro atoms. The second kappa shape index (κ2) is 6.01. The van der Waals surface area contributed by atoms with Gasteiger partial charge in [-0.3, -0.25) is 4.31 Å². The smallest absolute Gasteiger partial charge is 0.417 e. The van der Waals surface area contributed by atoms with E-state index in [2.05, 4.69) is 0 Å². The van der Waals surface area contributed by atoms with Gasteiger partial charge in [-0.25, -0.2) is 13.2 Å². The van der Waals surface area contributed by atoms with E-state index in [1.807, 2.05) is 0 Å². The summed E-state index contributed by atoms with van der Waals surface area (Å²) in [6, 6.07) is 3.85. The van der Waals surface area contributed by atoms with Crippen LogP contribution in [0.1, 0.15) is 24.0 Å². The van der Waals surface area contributed by atoms with Crippen LogP contribution in [-0.4, -0.2) is 48.9 Å². The second-order valence-electron chi connectivity index (χ2n) is 7.38. The van der Waals surface area contributed by atoms with Gasteiger partial charge in [0.25, 0.3) is 0 Å². The molecule has 1 aromatic rings. The van der Waals surface area contributed by atoms with E-state index in [-0.39, 0.29) is 24.7 Å². The number of piperidine rings is 2. The highest BCUT2D eigenvalue weighted by molar-refractivity contribution is 7.93. The number of anilines is 1. The normalized spacial score (nSPS) is 30.8. The highest BCUT2D eigenvalue weighted by Crippen LogP contribution is 2.49. The minimum atomic E-state index is -4.80. The van der Waals surface area contributed by atoms with Crippen LogP contribution in [0.15, 0.2) is 18.2 Å². The van der Waals surface area contributed by atoms with Crippen molar-refractivity contribution in [3.63, 3.8) is 0 Å². The molecule has 4 atom stereocenters. The van der Waals surface area contributed by atoms with E-state index < -0.39 is 50.6 Å². The first-order valence-corrected chi connectivity index (χ1v) is 10.2. The van der Waals surface area contributed by atoms with E-state index in [0.717, 1.165) is 10.4 Å². The predicted octanol–water partition coefficient (Wildman–Crippen LogP) is 2.48. The summed E-state index contributed by atoms with van der Waals surface area (Å²) in [4.78, 5) is 12.7. The number of rotatable bonds is 1. The molecule has 3 saturated heterocycles. The lowest BCUT2D eigenvalue weighted by Crippen LogP contribution is -2.61. The molecule has 1 amide bonds. The fraction of sp³-hybridized carbons (Fsp3) is 0.529. The van der Waals surface area contributed by atoms with Crippen molar-refractivity contribution in [1.29, 1.82) is 5.26 Å². The zero-order valence-corrected chi connectivity index (χ0v) is 15.2. The summed E-state index contributed by atoms with van der Waals surface area (Å²) in [5.74, 6) is -0.861. The summed E-state index contributed by atoms with van der Waals surface area (Å²) in [6.07, 6.45) is -4.79. The summed E-state index contributed by atoms with van der Waals surface area (Å²) >= 11 is 0. The molecular formula is C17H16F3N3O4S. The van der Waals surface area contributed by atoms with E-state index in [4.69, 9.17) is 5.26 Å². The molecule has 7 nitrogen and oxygen atoms in total. The molecule has 4 aliphatic rings. The molecule has 3 aliphatic heterocycles. The number of amides is 1. The molecule has 28 heavy (non-hydrogen) atoms. The van der Waals surface area contributed by atoms with Gasteiger partial charge in [0.05, 0.1) is 28.1 Å². The number of hydrogen-bond acceptors (Lipinski definition) is 4. The van der Waals surface area contributed by atoms with E-state index in [1.54, 1.807) is 0 Å². The predicted molar refractivity (Wildman–Crippen MR) is 90.9 cm³/mol. The van der Waals surface area contributed by atoms with Crippen LogP contribution in [0.25, 0.3) is 0 Å². The zero-order chi connectivity index (χ0) is 20.4. The Morgan fingerprint density at radius 3 is 2.57 bits per heavy atom. The Balaban J connectivity index is 1.76. The van der Waals surface area contributed by atoms with Crippen LogP contribution in [0, 0.1) is 23.2 Å². The molecule has 3 heterocycles. The van der Waals surface area contributed by atoms with Crippen LogP contribution in [0.3, 0.4) is 0 Å². The largest absolute Gasteiger partial charge is 0.465 e. The Morgan fingerprint density at radius 1 is 1.25 bits per heavy atom. The highest BCUT2D eigenvalue weighted by Gasteiger charge is 2.60. The van der Waals surface area contributed by atoms with Crippen LogP contribution < -0.4 is 4.31 Å². The summed E-state index contributed by atoms with van der Waals surface area (Å²) in [5, 5.41) is 17.5. The lowest BCUT2D eigenvalue weighted by atomic mass is 9.72. The van der Waals surface area contributed by atoms with Crippen molar-refractivity contribution >= 4 is 21.8 Å². The number of carboxylic acid groups (broad SMARTS) is 1. The van der Waals surface area contributed by atoms with E-state index in [1.165, 1.54) is 17.0 Å². The van der Waals surface area contributed by atoms with Crippen molar-refractivity contribution in [2.75, 3.05) is 17.4 Å². The van der Waals surface area contributed by atoms with E-state index >= 15 is 0 Å². The third-order valence-electron chi connectivity index (χ3n) is 6.04. The highest BCUT2D eigenvalue weighted by atomic mass is 32.2. The van der Waals surface area contributed by atoms with Gasteiger partial charge in [-0.15, -0.1) is 0 Å². The van der Waals surface area contributed by atoms with Crippen LogP contribution in [-0.2, 0) is 16.2 Å². The Labute approximate surface area is 159 Å². The molecule has 1 N–H and O–H groups in total. The van der Waals surface area contributed by atoms with Crippen molar-refractivity contribution < 1.29 is 31.5 Å². The van der Waals surface area contributed by atoms with Gasteiger partial charge in [-0.2, -0.15) is 18.4 Å². The topological polar surface area (TPSA) is 102 Å². The number of fused-ring (bicyclic) bond motifs is 2. The van der Waals surface area contributed by atoms with Gasteiger partial charge in [-0.1, -0.05) is 0 Å². The molecule has 5 rings (SSSR count). The number of carbonyl (C=O) groups is 1. The summed E-state index contributed by atoms with van der Waals surface area (Å²) in [5.41, 5.74) is -1.92. The van der Waals surface area contributed by atoms with Gasteiger partial charge >= 0.3 is 12.3 Å². The number of alkyl halides is 3. The minimum absolute atomic E-state index is 0.0683. The Morgan fingerprint density at radius 2 is 1.96 bits per heavy atom. The van der Waals surface area contributed by atoms with Crippen molar-refractivity contribution in [3.05, 3.63) is 29.3 Å². The third-order valence-corrected chi connectivity index (χ3v) is 8.43. The van der Waals surface area contributed by atoms with Gasteiger partial charge in [0.2, 0.25) is 10.0 Å². The van der Waals surface area contributed by atoms with Gasteiger partial charge in [0.1, 0.15) is 0 Å². The molecule has 1 aliphatic carbocycles. The average Bonchev–Trinajstić information content (AvgIpc) is 2.94. The van der Waals surface area contributed by atoms with Gasteiger partial charge in [-0.05, 0) is 37.0 Å². The quantitative estimate of drug-likeness (QED) is 0.759. The fourth-order valence-corrected chi connectivity index (χ4v) is 7.42. The number of nitrogens with zero attached hydrogens (tertiary/aromatic N) is 3. The summed E-state index contributed by atoms with van der Waals surface area (Å²) in [7, 11) is -3.94. The molecule has 4 fully saturated rings. The molecular weight excluding hydrogens is 399 g/mol. The van der Waals surface area contributed by atoms with Crippen molar-refractivity contribution in [2.45, 2.75) is 30.3 Å². The third kappa shape index (κ3) is 2.62. The Hall–Kier alpha value is -2.48. The first-order chi connectivity index (χ1) is 13.1. The van der Waals surface area contributed by atoms with E-state index in [9.17, 15) is 31.5 Å². The number of benzene rings is 1. The van der Waals surface area contributed by atoms with Crippen LogP contribution >= 0.6 is 0 Å². The maximum atomic E-state index is 13.3. The van der Waals surface area contributed by atoms with E-state index in [0.29, 0.717) is 18.9 Å². The first-order valence-electron chi connectivity index (χ1n) is 8.68. The molecule has 0 unspecified atom stereocenters. The van der Waals surface area contributed by atoms with Crippen molar-refractivity contribution in [2.24, 2.45) is 11.8 Å². The SMILES string of the molecule is N#Cc1ccc(N2C[C@@H]3[C@@H]([C@@H]4CC[C@H]3N(C(=O)O)C4)S2(=O)=O)cc1C(F)(F)F. The first kappa shape index (κ1) is 18.9. The van der Waals surface area contributed by atoms with Crippen LogP contribution in [0.2, 0.25) is 0 Å². The maximum absolute atomic E-state index is 13.3. The molecule has 0 radical (unpaired) electrons. The number of sulfonamides is 1. The monoisotopic (exact) mass is 415 g/mol. The average molecular weight is 415 g/mol. The molecule has 1 saturated carbocycles. The molecule has 1 aromatic carbocycles. The van der Waals surface area contributed by atoms with Gasteiger partial charge in [0.15, 0.2) is 0 Å². The van der Waals surface area contributed by atoms with Gasteiger partial charge < -0.3 is 10.0 Å². The van der Waals surface area contributed by atoms with Crippen molar-refractivity contribution in [1.82, 2.24) is 4.90 Å². The second-order valence-corrected chi connectivity index (χ2v) is 9.40. The van der Waals surface area contributed by atoms with Crippen LogP contribution in [0.5, 0.6) is 0 Å². The zero-order valence-electron chi connectivity index (χ0n) is 14.4. The lowest BCUT2D eigenvalue weighted by molar-refractivity contribution is -0.137. The Bertz CT molecular complexity index is 988. The standard InChI is InChI=1S/C17H16F3N3O4S/c18-17(19,20)13-5-11(3-1-9(13)6-21)23-8-12-14-4-2-10(7-22(14)16(24)25)15(12)28(23,26)27/h1,3,5,10,12,14-15H,2,4,7-8H2,(H,24,25)/t10-,12+,14-,15-/m1/s1. The number of nitriles is 1. The molecule has 150 valence electrons. The lowest BCUT2D eigenvalue weighted by Gasteiger charge is -2.49. The summed E-state index contributed by atoms with van der Waals surface area (Å²) < 4.78 is 67.0.